The Kier molecular flexibility index (Phi) is 5.73. The second-order valence-corrected chi connectivity index (χ2v) is 8.26. The van der Waals surface area contributed by atoms with Crippen LogP contribution in [0, 0.1) is 20.8 Å². The first kappa shape index (κ1) is 21.0. The summed E-state index contributed by atoms with van der Waals surface area (Å²) in [7, 11) is 3.22. The van der Waals surface area contributed by atoms with Crippen LogP contribution < -0.4 is 14.8 Å². The molecular weight excluding hydrogens is 412 g/mol. The number of hydrogen-bond donors (Lipinski definition) is 1. The lowest BCUT2D eigenvalue weighted by Crippen LogP contribution is -2.15. The van der Waals surface area contributed by atoms with Gasteiger partial charge in [-0.25, -0.2) is 0 Å². The summed E-state index contributed by atoms with van der Waals surface area (Å²) in [6.45, 7) is 6.02. The van der Waals surface area contributed by atoms with Gasteiger partial charge in [0.05, 0.1) is 25.5 Å². The van der Waals surface area contributed by atoms with Gasteiger partial charge in [0.1, 0.15) is 0 Å². The van der Waals surface area contributed by atoms with Crippen LogP contribution in [0.4, 0.5) is 5.69 Å². The normalized spacial score (nSPS) is 11.1. The van der Waals surface area contributed by atoms with E-state index in [-0.39, 0.29) is 11.7 Å². The Hall–Kier alpha value is -3.26. The Morgan fingerprint density at radius 1 is 1.03 bits per heavy atom. The fraction of sp³-hybridized carbons (Fsp3) is 0.261. The van der Waals surface area contributed by atoms with Crippen LogP contribution in [0.1, 0.15) is 16.7 Å². The highest BCUT2D eigenvalue weighted by atomic mass is 32.2. The molecule has 0 aliphatic rings. The van der Waals surface area contributed by atoms with E-state index < -0.39 is 0 Å². The summed E-state index contributed by atoms with van der Waals surface area (Å²) in [4.78, 5) is 12.6. The van der Waals surface area contributed by atoms with Crippen LogP contribution >= 0.6 is 11.8 Å². The van der Waals surface area contributed by atoms with Gasteiger partial charge in [-0.3, -0.25) is 9.20 Å². The van der Waals surface area contributed by atoms with Crippen LogP contribution in [0.3, 0.4) is 0 Å². The number of nitrogens with zero attached hydrogens (tertiary/aromatic N) is 3. The lowest BCUT2D eigenvalue weighted by Gasteiger charge is -2.12. The minimum Gasteiger partial charge on any atom is -0.493 e. The van der Waals surface area contributed by atoms with Gasteiger partial charge in [0.15, 0.2) is 22.3 Å². The highest BCUT2D eigenvalue weighted by Gasteiger charge is 2.16. The molecule has 0 radical (unpaired) electrons. The van der Waals surface area contributed by atoms with Crippen molar-refractivity contribution >= 4 is 39.9 Å². The topological polar surface area (TPSA) is 77.8 Å². The number of ether oxygens (including phenoxy) is 2. The standard InChI is InChI=1S/C23H24N4O3S/c1-13-7-6-8-17(15(13)3)24-21(28)12-31-23-26-25-22-14(2)9-16-10-19(29-4)20(30-5)11-18(16)27(22)23/h6-11H,12H2,1-5H3,(H,24,28). The van der Waals surface area contributed by atoms with Crippen molar-refractivity contribution < 1.29 is 14.3 Å². The summed E-state index contributed by atoms with van der Waals surface area (Å²) in [5, 5.41) is 13.3. The van der Waals surface area contributed by atoms with E-state index in [2.05, 4.69) is 15.5 Å². The number of amides is 1. The van der Waals surface area contributed by atoms with Gasteiger partial charge in [0.2, 0.25) is 5.91 Å². The predicted octanol–water partition coefficient (Wildman–Crippen LogP) is 4.56. The summed E-state index contributed by atoms with van der Waals surface area (Å²) in [5.41, 5.74) is 5.66. The molecule has 0 aliphatic heterocycles. The number of benzene rings is 2. The molecule has 0 unspecified atom stereocenters. The number of pyridine rings is 1. The summed E-state index contributed by atoms with van der Waals surface area (Å²) in [5.74, 6) is 1.41. The molecule has 0 bridgehead atoms. The molecule has 160 valence electrons. The van der Waals surface area contributed by atoms with Gasteiger partial charge >= 0.3 is 0 Å². The minimum absolute atomic E-state index is 0.0911. The molecule has 2 aromatic carbocycles. The van der Waals surface area contributed by atoms with Crippen molar-refractivity contribution in [3.63, 3.8) is 0 Å². The molecule has 8 heteroatoms. The molecule has 2 aromatic heterocycles. The molecule has 1 amide bonds. The highest BCUT2D eigenvalue weighted by molar-refractivity contribution is 7.99. The first-order valence-corrected chi connectivity index (χ1v) is 10.8. The highest BCUT2D eigenvalue weighted by Crippen LogP contribution is 2.34. The number of aryl methyl sites for hydroxylation is 2. The third-order valence-corrected chi connectivity index (χ3v) is 6.27. The Bertz CT molecular complexity index is 1300. The molecule has 7 nitrogen and oxygen atoms in total. The molecule has 0 saturated heterocycles. The fourth-order valence-corrected chi connectivity index (χ4v) is 4.27. The molecule has 2 heterocycles. The van der Waals surface area contributed by atoms with Gasteiger partial charge in [0.25, 0.3) is 0 Å². The van der Waals surface area contributed by atoms with E-state index in [1.165, 1.54) is 11.8 Å². The zero-order valence-corrected chi connectivity index (χ0v) is 19.0. The summed E-state index contributed by atoms with van der Waals surface area (Å²) in [6.07, 6.45) is 0. The van der Waals surface area contributed by atoms with Crippen LogP contribution in [-0.2, 0) is 4.79 Å². The van der Waals surface area contributed by atoms with Crippen LogP contribution in [0.25, 0.3) is 16.6 Å². The second-order valence-electron chi connectivity index (χ2n) is 7.32. The quantitative estimate of drug-likeness (QED) is 0.447. The molecule has 0 spiro atoms. The van der Waals surface area contributed by atoms with E-state index in [9.17, 15) is 4.79 Å². The SMILES string of the molecule is COc1cc2cc(C)c3nnc(SCC(=O)Nc4cccc(C)c4C)n3c2cc1OC. The maximum absolute atomic E-state index is 12.6. The summed E-state index contributed by atoms with van der Waals surface area (Å²) < 4.78 is 12.9. The molecule has 1 N–H and O–H groups in total. The van der Waals surface area contributed by atoms with Gasteiger partial charge < -0.3 is 14.8 Å². The summed E-state index contributed by atoms with van der Waals surface area (Å²) in [6, 6.07) is 11.8. The number of anilines is 1. The van der Waals surface area contributed by atoms with Gasteiger partial charge in [-0.1, -0.05) is 23.9 Å². The number of aromatic nitrogens is 3. The van der Waals surface area contributed by atoms with E-state index in [4.69, 9.17) is 9.47 Å². The van der Waals surface area contributed by atoms with Crippen LogP contribution in [0.15, 0.2) is 41.6 Å². The molecule has 31 heavy (non-hydrogen) atoms. The third kappa shape index (κ3) is 3.90. The first-order valence-electron chi connectivity index (χ1n) is 9.82. The van der Waals surface area contributed by atoms with Crippen molar-refractivity contribution in [2.45, 2.75) is 25.9 Å². The van der Waals surface area contributed by atoms with Gasteiger partial charge in [-0.05, 0) is 55.7 Å². The maximum atomic E-state index is 12.6. The average Bonchev–Trinajstić information content (AvgIpc) is 3.19. The van der Waals surface area contributed by atoms with Gasteiger partial charge in [-0.15, -0.1) is 10.2 Å². The molecule has 0 fully saturated rings. The third-order valence-electron chi connectivity index (χ3n) is 5.34. The van der Waals surface area contributed by atoms with Crippen molar-refractivity contribution in [3.8, 4) is 11.5 Å². The number of nitrogens with one attached hydrogen (secondary N) is 1. The largest absolute Gasteiger partial charge is 0.493 e. The zero-order valence-electron chi connectivity index (χ0n) is 18.1. The number of carbonyl (C=O) groups excluding carboxylic acids is 1. The maximum Gasteiger partial charge on any atom is 0.234 e. The van der Waals surface area contributed by atoms with E-state index in [0.29, 0.717) is 16.7 Å². The van der Waals surface area contributed by atoms with Gasteiger partial charge in [0, 0.05) is 17.1 Å². The second kappa shape index (κ2) is 8.47. The van der Waals surface area contributed by atoms with E-state index in [1.54, 1.807) is 14.2 Å². The molecular formula is C23H24N4O3S. The fourth-order valence-electron chi connectivity index (χ4n) is 3.53. The number of methoxy groups -OCH3 is 2. The van der Waals surface area contributed by atoms with Crippen LogP contribution in [0.5, 0.6) is 11.5 Å². The van der Waals surface area contributed by atoms with Crippen molar-refractivity contribution in [3.05, 3.63) is 53.1 Å². The van der Waals surface area contributed by atoms with Gasteiger partial charge in [-0.2, -0.15) is 0 Å². The monoisotopic (exact) mass is 436 g/mol. The number of rotatable bonds is 6. The average molecular weight is 437 g/mol. The van der Waals surface area contributed by atoms with E-state index >= 15 is 0 Å². The molecule has 0 saturated carbocycles. The Morgan fingerprint density at radius 2 is 1.77 bits per heavy atom. The van der Waals surface area contributed by atoms with E-state index in [1.807, 2.05) is 61.6 Å². The summed E-state index contributed by atoms with van der Waals surface area (Å²) >= 11 is 1.35. The van der Waals surface area contributed by atoms with E-state index in [0.717, 1.165) is 38.9 Å². The number of fused-ring (bicyclic) bond motifs is 3. The van der Waals surface area contributed by atoms with Crippen LogP contribution in [0.2, 0.25) is 0 Å². The Labute approximate surface area is 184 Å². The predicted molar refractivity (Wildman–Crippen MR) is 124 cm³/mol. The lowest BCUT2D eigenvalue weighted by molar-refractivity contribution is -0.113. The minimum atomic E-state index is -0.0911. The lowest BCUT2D eigenvalue weighted by atomic mass is 10.1. The van der Waals surface area contributed by atoms with Crippen molar-refractivity contribution in [1.29, 1.82) is 0 Å². The van der Waals surface area contributed by atoms with Crippen molar-refractivity contribution in [2.75, 3.05) is 25.3 Å². The Morgan fingerprint density at radius 3 is 2.52 bits per heavy atom. The molecule has 4 aromatic rings. The molecule has 0 atom stereocenters. The van der Waals surface area contributed by atoms with Crippen LogP contribution in [-0.4, -0.2) is 40.5 Å². The first-order chi connectivity index (χ1) is 14.9. The molecule has 0 aliphatic carbocycles. The number of carbonyl (C=O) groups is 1. The number of thioether (sulfide) groups is 1. The van der Waals surface area contributed by atoms with Crippen molar-refractivity contribution in [1.82, 2.24) is 14.6 Å². The Balaban J connectivity index is 1.66. The number of hydrogen-bond acceptors (Lipinski definition) is 6. The zero-order chi connectivity index (χ0) is 22.1. The van der Waals surface area contributed by atoms with Crippen molar-refractivity contribution in [2.24, 2.45) is 0 Å². The molecule has 4 rings (SSSR count). The smallest absolute Gasteiger partial charge is 0.234 e.